The standard InChI is InChI=1S/C18H13FN2O2/c1-22-18-9-13(7-15(10-20)11-21)5-6-17(18)23-12-14-3-2-4-16(19)8-14/h2-9H,12H2,1H3. The fourth-order valence-electron chi connectivity index (χ4n) is 1.94. The van der Waals surface area contributed by atoms with Crippen LogP contribution in [0, 0.1) is 28.5 Å². The Morgan fingerprint density at radius 2 is 1.91 bits per heavy atom. The molecule has 0 aromatic heterocycles. The van der Waals surface area contributed by atoms with E-state index in [2.05, 4.69) is 0 Å². The predicted octanol–water partition coefficient (Wildman–Crippen LogP) is 3.84. The number of allylic oxidation sites excluding steroid dienone is 1. The Morgan fingerprint density at radius 3 is 2.57 bits per heavy atom. The molecule has 0 amide bonds. The summed E-state index contributed by atoms with van der Waals surface area (Å²) in [6, 6.07) is 14.8. The monoisotopic (exact) mass is 308 g/mol. The van der Waals surface area contributed by atoms with Crippen LogP contribution in [0.2, 0.25) is 0 Å². The second kappa shape index (κ2) is 7.63. The molecule has 0 heterocycles. The SMILES string of the molecule is COc1cc(C=C(C#N)C#N)ccc1OCc1cccc(F)c1. The number of methoxy groups -OCH3 is 1. The van der Waals surface area contributed by atoms with E-state index in [-0.39, 0.29) is 18.0 Å². The van der Waals surface area contributed by atoms with Gasteiger partial charge in [-0.3, -0.25) is 0 Å². The molecule has 2 aromatic rings. The summed E-state index contributed by atoms with van der Waals surface area (Å²) in [7, 11) is 1.49. The second-order valence-electron chi connectivity index (χ2n) is 4.61. The number of hydrogen-bond acceptors (Lipinski definition) is 4. The maximum atomic E-state index is 13.1. The third-order valence-corrected chi connectivity index (χ3v) is 3.02. The molecule has 0 fully saturated rings. The molecule has 0 bridgehead atoms. The van der Waals surface area contributed by atoms with Crippen molar-refractivity contribution in [3.63, 3.8) is 0 Å². The fourth-order valence-corrected chi connectivity index (χ4v) is 1.94. The van der Waals surface area contributed by atoms with Crippen molar-refractivity contribution in [2.24, 2.45) is 0 Å². The lowest BCUT2D eigenvalue weighted by molar-refractivity contribution is 0.284. The van der Waals surface area contributed by atoms with Gasteiger partial charge in [0.1, 0.15) is 30.1 Å². The lowest BCUT2D eigenvalue weighted by Gasteiger charge is -2.11. The number of nitrogens with zero attached hydrogens (tertiary/aromatic N) is 2. The van der Waals surface area contributed by atoms with Gasteiger partial charge in [0.2, 0.25) is 0 Å². The van der Waals surface area contributed by atoms with Gasteiger partial charge in [0.25, 0.3) is 0 Å². The summed E-state index contributed by atoms with van der Waals surface area (Å²) < 4.78 is 24.0. The van der Waals surface area contributed by atoms with Crippen molar-refractivity contribution in [3.8, 4) is 23.6 Å². The average molecular weight is 308 g/mol. The van der Waals surface area contributed by atoms with E-state index in [1.807, 2.05) is 0 Å². The molecule has 2 rings (SSSR count). The molecule has 0 saturated heterocycles. The largest absolute Gasteiger partial charge is 0.493 e. The molecular weight excluding hydrogens is 295 g/mol. The summed E-state index contributed by atoms with van der Waals surface area (Å²) in [5, 5.41) is 17.5. The Balaban J connectivity index is 2.19. The normalized spacial score (nSPS) is 9.39. The summed E-state index contributed by atoms with van der Waals surface area (Å²) in [5.74, 6) is 0.633. The molecule has 0 saturated carbocycles. The Hall–Kier alpha value is -3.31. The quantitative estimate of drug-likeness (QED) is 0.787. The lowest BCUT2D eigenvalue weighted by atomic mass is 10.1. The molecule has 114 valence electrons. The fraction of sp³-hybridized carbons (Fsp3) is 0.111. The van der Waals surface area contributed by atoms with Crippen molar-refractivity contribution in [2.45, 2.75) is 6.61 Å². The maximum absolute atomic E-state index is 13.1. The number of nitriles is 2. The van der Waals surface area contributed by atoms with Crippen LogP contribution in [0.4, 0.5) is 4.39 Å². The number of benzene rings is 2. The molecule has 23 heavy (non-hydrogen) atoms. The van der Waals surface area contributed by atoms with Gasteiger partial charge >= 0.3 is 0 Å². The van der Waals surface area contributed by atoms with Crippen molar-refractivity contribution < 1.29 is 13.9 Å². The molecule has 0 N–H and O–H groups in total. The number of rotatable bonds is 5. The minimum Gasteiger partial charge on any atom is -0.493 e. The van der Waals surface area contributed by atoms with Crippen molar-refractivity contribution in [2.75, 3.05) is 7.11 Å². The van der Waals surface area contributed by atoms with Crippen LogP contribution < -0.4 is 9.47 Å². The van der Waals surface area contributed by atoms with Crippen LogP contribution in [0.3, 0.4) is 0 Å². The highest BCUT2D eigenvalue weighted by Gasteiger charge is 2.06. The molecule has 0 atom stereocenters. The third-order valence-electron chi connectivity index (χ3n) is 3.02. The highest BCUT2D eigenvalue weighted by molar-refractivity contribution is 5.64. The van der Waals surface area contributed by atoms with Gasteiger partial charge in [-0.1, -0.05) is 18.2 Å². The molecule has 4 nitrogen and oxygen atoms in total. The molecule has 0 aliphatic carbocycles. The van der Waals surface area contributed by atoms with Crippen LogP contribution in [-0.2, 0) is 6.61 Å². The van der Waals surface area contributed by atoms with Gasteiger partial charge in [-0.2, -0.15) is 10.5 Å². The summed E-state index contributed by atoms with van der Waals surface area (Å²) in [6.45, 7) is 0.199. The number of ether oxygens (including phenoxy) is 2. The van der Waals surface area contributed by atoms with Crippen molar-refractivity contribution in [1.29, 1.82) is 10.5 Å². The van der Waals surface area contributed by atoms with E-state index in [0.717, 1.165) is 0 Å². The lowest BCUT2D eigenvalue weighted by Crippen LogP contribution is -1.98. The van der Waals surface area contributed by atoms with Crippen molar-refractivity contribution in [3.05, 3.63) is 65.0 Å². The van der Waals surface area contributed by atoms with Crippen LogP contribution >= 0.6 is 0 Å². The van der Waals surface area contributed by atoms with Gasteiger partial charge in [-0.05, 0) is 41.5 Å². The minimum atomic E-state index is -0.320. The first-order valence-corrected chi connectivity index (χ1v) is 6.73. The van der Waals surface area contributed by atoms with E-state index in [1.165, 1.54) is 25.3 Å². The highest BCUT2D eigenvalue weighted by Crippen LogP contribution is 2.29. The molecule has 0 spiro atoms. The van der Waals surface area contributed by atoms with E-state index in [4.69, 9.17) is 20.0 Å². The summed E-state index contributed by atoms with van der Waals surface area (Å²) >= 11 is 0. The zero-order valence-corrected chi connectivity index (χ0v) is 12.4. The van der Waals surface area contributed by atoms with E-state index in [0.29, 0.717) is 22.6 Å². The summed E-state index contributed by atoms with van der Waals surface area (Å²) in [5.41, 5.74) is 1.35. The first kappa shape index (κ1) is 16.1. The zero-order chi connectivity index (χ0) is 16.7. The number of halogens is 1. The Labute approximate surface area is 133 Å². The summed E-state index contributed by atoms with van der Waals surface area (Å²) in [6.07, 6.45) is 1.46. The zero-order valence-electron chi connectivity index (χ0n) is 12.4. The molecule has 0 aliphatic heterocycles. The van der Waals surface area contributed by atoms with Crippen molar-refractivity contribution >= 4 is 6.08 Å². The minimum absolute atomic E-state index is 0.000446. The second-order valence-corrected chi connectivity index (χ2v) is 4.61. The predicted molar refractivity (Wildman–Crippen MR) is 82.9 cm³/mol. The molecule has 2 aromatic carbocycles. The number of hydrogen-bond donors (Lipinski definition) is 0. The molecule has 0 aliphatic rings. The van der Waals surface area contributed by atoms with Crippen LogP contribution in [-0.4, -0.2) is 7.11 Å². The molecule has 5 heteroatoms. The van der Waals surface area contributed by atoms with E-state index in [1.54, 1.807) is 42.5 Å². The van der Waals surface area contributed by atoms with Gasteiger partial charge in [-0.25, -0.2) is 4.39 Å². The average Bonchev–Trinajstić information content (AvgIpc) is 2.58. The topological polar surface area (TPSA) is 66.0 Å². The van der Waals surface area contributed by atoms with Gasteiger partial charge in [0.05, 0.1) is 7.11 Å². The van der Waals surface area contributed by atoms with Crippen LogP contribution in [0.5, 0.6) is 11.5 Å². The Kier molecular flexibility index (Phi) is 5.33. The van der Waals surface area contributed by atoms with E-state index >= 15 is 0 Å². The van der Waals surface area contributed by atoms with Gasteiger partial charge < -0.3 is 9.47 Å². The van der Waals surface area contributed by atoms with E-state index < -0.39 is 0 Å². The highest BCUT2D eigenvalue weighted by atomic mass is 19.1. The maximum Gasteiger partial charge on any atom is 0.161 e. The van der Waals surface area contributed by atoms with Gasteiger partial charge in [-0.15, -0.1) is 0 Å². The van der Waals surface area contributed by atoms with Crippen LogP contribution in [0.25, 0.3) is 6.08 Å². The third kappa shape index (κ3) is 4.33. The van der Waals surface area contributed by atoms with Crippen molar-refractivity contribution in [1.82, 2.24) is 0 Å². The van der Waals surface area contributed by atoms with Crippen LogP contribution in [0.15, 0.2) is 48.0 Å². The first-order valence-electron chi connectivity index (χ1n) is 6.73. The summed E-state index contributed by atoms with van der Waals surface area (Å²) in [4.78, 5) is 0. The van der Waals surface area contributed by atoms with E-state index in [9.17, 15) is 4.39 Å². The Morgan fingerprint density at radius 1 is 1.13 bits per heavy atom. The van der Waals surface area contributed by atoms with Gasteiger partial charge in [0, 0.05) is 0 Å². The molecule has 0 radical (unpaired) electrons. The molecular formula is C18H13FN2O2. The molecule has 0 unspecified atom stereocenters. The smallest absolute Gasteiger partial charge is 0.161 e. The first-order chi connectivity index (χ1) is 11.2. The Bertz CT molecular complexity index is 801. The van der Waals surface area contributed by atoms with Crippen LogP contribution in [0.1, 0.15) is 11.1 Å². The van der Waals surface area contributed by atoms with Gasteiger partial charge in [0.15, 0.2) is 11.5 Å².